The van der Waals surface area contributed by atoms with Gasteiger partial charge in [0.2, 0.25) is 16.1 Å². The van der Waals surface area contributed by atoms with Crippen molar-refractivity contribution >= 4 is 21.9 Å². The molecule has 102 valence electrons. The molecule has 0 aliphatic heterocycles. The van der Waals surface area contributed by atoms with Gasteiger partial charge in [0.25, 0.3) is 0 Å². The highest BCUT2D eigenvalue weighted by Gasteiger charge is 2.29. The zero-order chi connectivity index (χ0) is 13.8. The van der Waals surface area contributed by atoms with Gasteiger partial charge in [-0.15, -0.1) is 0 Å². The molecule has 0 aromatic carbocycles. The molecule has 0 amide bonds. The van der Waals surface area contributed by atoms with Crippen LogP contribution in [0, 0.1) is 0 Å². The zero-order valence-electron chi connectivity index (χ0n) is 9.21. The quantitative estimate of drug-likeness (QED) is 0.776. The fourth-order valence-electron chi connectivity index (χ4n) is 0.985. The Balaban J connectivity index is 2.70. The number of halogens is 4. The summed E-state index contributed by atoms with van der Waals surface area (Å²) < 4.78 is 49.8. The maximum atomic E-state index is 11.9. The van der Waals surface area contributed by atoms with E-state index in [-0.39, 0.29) is 22.7 Å². The van der Waals surface area contributed by atoms with Crippen LogP contribution in [0.2, 0.25) is 0 Å². The topological polar surface area (TPSA) is 61.6 Å². The lowest BCUT2D eigenvalue weighted by atomic mass is 10.4. The van der Waals surface area contributed by atoms with Crippen LogP contribution in [0.3, 0.4) is 0 Å². The highest BCUT2D eigenvalue weighted by molar-refractivity contribution is 9.10. The fourth-order valence-corrected chi connectivity index (χ4v) is 1.36. The molecule has 1 aromatic heterocycles. The summed E-state index contributed by atoms with van der Waals surface area (Å²) in [6, 6.07) is 0. The van der Waals surface area contributed by atoms with Crippen LogP contribution in [0.1, 0.15) is 23.8 Å². The minimum Gasteiger partial charge on any atom is -0.486 e. The van der Waals surface area contributed by atoms with Crippen molar-refractivity contribution in [2.24, 2.45) is 0 Å². The summed E-state index contributed by atoms with van der Waals surface area (Å²) in [4.78, 5) is 11.4. The second kappa shape index (κ2) is 6.07. The number of alkyl halides is 3. The molecule has 0 saturated heterocycles. The summed E-state index contributed by atoms with van der Waals surface area (Å²) in [7, 11) is 0. The van der Waals surface area contributed by atoms with E-state index in [4.69, 9.17) is 4.74 Å². The highest BCUT2D eigenvalue weighted by Crippen LogP contribution is 2.30. The van der Waals surface area contributed by atoms with E-state index in [0.29, 0.717) is 0 Å². The van der Waals surface area contributed by atoms with Gasteiger partial charge in [-0.3, -0.25) is 0 Å². The first-order valence-electron chi connectivity index (χ1n) is 4.87. The molecule has 0 bridgehead atoms. The van der Waals surface area contributed by atoms with E-state index in [2.05, 4.69) is 30.3 Å². The van der Waals surface area contributed by atoms with Crippen molar-refractivity contribution in [2.45, 2.75) is 19.5 Å². The van der Waals surface area contributed by atoms with Gasteiger partial charge < -0.3 is 14.0 Å². The van der Waals surface area contributed by atoms with Gasteiger partial charge >= 0.3 is 12.1 Å². The molecule has 0 radical (unpaired) electrons. The Morgan fingerprint density at radius 1 is 1.50 bits per heavy atom. The molecule has 0 atom stereocenters. The van der Waals surface area contributed by atoms with Crippen LogP contribution in [0.4, 0.5) is 13.2 Å². The number of aromatic nitrogens is 1. The van der Waals surface area contributed by atoms with Crippen molar-refractivity contribution < 1.29 is 32.0 Å². The van der Waals surface area contributed by atoms with Crippen LogP contribution in [0.5, 0.6) is 5.75 Å². The first-order chi connectivity index (χ1) is 8.35. The Hall–Kier alpha value is -1.25. The second-order valence-corrected chi connectivity index (χ2v) is 3.79. The lowest BCUT2D eigenvalue weighted by molar-refractivity contribution is -0.139. The van der Waals surface area contributed by atoms with E-state index >= 15 is 0 Å². The average Bonchev–Trinajstić information content (AvgIpc) is 2.59. The Kier molecular flexibility index (Phi) is 5.00. The van der Waals surface area contributed by atoms with Crippen LogP contribution < -0.4 is 4.74 Å². The van der Waals surface area contributed by atoms with Crippen molar-refractivity contribution in [3.63, 3.8) is 0 Å². The highest BCUT2D eigenvalue weighted by atomic mass is 79.9. The molecule has 0 unspecified atom stereocenters. The summed E-state index contributed by atoms with van der Waals surface area (Å²) in [5.41, 5.74) is -0.300. The monoisotopic (exact) mass is 331 g/mol. The minimum atomic E-state index is -4.34. The molecule has 0 saturated carbocycles. The van der Waals surface area contributed by atoms with Crippen molar-refractivity contribution in [1.29, 1.82) is 0 Å². The van der Waals surface area contributed by atoms with Crippen molar-refractivity contribution in [2.75, 3.05) is 13.2 Å². The van der Waals surface area contributed by atoms with Crippen LogP contribution >= 0.6 is 15.9 Å². The largest absolute Gasteiger partial charge is 0.486 e. The summed E-state index contributed by atoms with van der Waals surface area (Å²) in [6.45, 7) is 1.04. The van der Waals surface area contributed by atoms with Crippen LogP contribution in [0.25, 0.3) is 0 Å². The van der Waals surface area contributed by atoms with Gasteiger partial charge in [-0.05, 0) is 22.9 Å². The van der Waals surface area contributed by atoms with Gasteiger partial charge in [0.1, 0.15) is 0 Å². The van der Waals surface area contributed by atoms with E-state index in [1.54, 1.807) is 6.92 Å². The second-order valence-electron chi connectivity index (χ2n) is 3.07. The van der Waals surface area contributed by atoms with Crippen molar-refractivity contribution in [3.8, 4) is 5.75 Å². The SMILES string of the molecule is CCOC(=O)c1noc(Br)c1OCCC(F)(F)F. The molecule has 18 heavy (non-hydrogen) atoms. The third-order valence-corrected chi connectivity index (χ3v) is 2.22. The van der Waals surface area contributed by atoms with Gasteiger partial charge in [-0.1, -0.05) is 5.16 Å². The molecule has 0 aliphatic carbocycles. The maximum Gasteiger partial charge on any atom is 0.392 e. The molecule has 9 heteroatoms. The Morgan fingerprint density at radius 2 is 2.17 bits per heavy atom. The number of rotatable bonds is 5. The van der Waals surface area contributed by atoms with Gasteiger partial charge in [-0.25, -0.2) is 4.79 Å². The van der Waals surface area contributed by atoms with E-state index in [9.17, 15) is 18.0 Å². The third kappa shape index (κ3) is 4.21. The Labute approximate surface area is 108 Å². The van der Waals surface area contributed by atoms with Gasteiger partial charge in [0.15, 0.2) is 0 Å². The predicted octanol–water partition coefficient (Wildman–Crippen LogP) is 2.95. The number of carbonyl (C=O) groups excluding carboxylic acids is 1. The average molecular weight is 332 g/mol. The number of hydrogen-bond acceptors (Lipinski definition) is 5. The number of hydrogen-bond donors (Lipinski definition) is 0. The van der Waals surface area contributed by atoms with Gasteiger partial charge in [0, 0.05) is 0 Å². The van der Waals surface area contributed by atoms with E-state index in [1.165, 1.54) is 0 Å². The fraction of sp³-hybridized carbons (Fsp3) is 0.556. The molecule has 0 N–H and O–H groups in total. The molecular formula is C9H9BrF3NO4. The number of esters is 1. The first-order valence-corrected chi connectivity index (χ1v) is 5.66. The van der Waals surface area contributed by atoms with Gasteiger partial charge in [-0.2, -0.15) is 13.2 Å². The normalized spacial score (nSPS) is 11.4. The molecule has 5 nitrogen and oxygen atoms in total. The number of nitrogens with zero attached hydrogens (tertiary/aromatic N) is 1. The molecule has 1 heterocycles. The van der Waals surface area contributed by atoms with Crippen molar-refractivity contribution in [1.82, 2.24) is 5.16 Å². The zero-order valence-corrected chi connectivity index (χ0v) is 10.8. The van der Waals surface area contributed by atoms with Crippen LogP contribution in [0.15, 0.2) is 9.19 Å². The third-order valence-electron chi connectivity index (χ3n) is 1.71. The molecule has 1 aromatic rings. The smallest absolute Gasteiger partial charge is 0.392 e. The lowest BCUT2D eigenvalue weighted by Gasteiger charge is -2.07. The molecular weight excluding hydrogens is 323 g/mol. The first kappa shape index (κ1) is 14.8. The summed E-state index contributed by atoms with van der Waals surface area (Å²) in [5.74, 6) is -1.02. The van der Waals surface area contributed by atoms with E-state index in [1.807, 2.05) is 0 Å². The van der Waals surface area contributed by atoms with Crippen LogP contribution in [-0.2, 0) is 4.74 Å². The lowest BCUT2D eigenvalue weighted by Crippen LogP contribution is -2.14. The van der Waals surface area contributed by atoms with Crippen molar-refractivity contribution in [3.05, 3.63) is 10.4 Å². The number of ether oxygens (including phenoxy) is 2. The minimum absolute atomic E-state index is 0.0623. The molecule has 0 spiro atoms. The molecule has 1 rings (SSSR count). The Morgan fingerprint density at radius 3 is 2.72 bits per heavy atom. The maximum absolute atomic E-state index is 11.9. The van der Waals surface area contributed by atoms with E-state index < -0.39 is 25.2 Å². The predicted molar refractivity (Wildman–Crippen MR) is 56.3 cm³/mol. The standard InChI is InChI=1S/C9H9BrF3NO4/c1-2-16-8(15)5-6(7(10)18-14-5)17-4-3-9(11,12)13/h2-4H2,1H3. The summed E-state index contributed by atoms with van der Waals surface area (Å²) in [6.07, 6.45) is -5.49. The summed E-state index contributed by atoms with van der Waals surface area (Å²) >= 11 is 2.87. The van der Waals surface area contributed by atoms with Crippen LogP contribution in [-0.4, -0.2) is 30.5 Å². The number of carbonyl (C=O) groups is 1. The van der Waals surface area contributed by atoms with E-state index in [0.717, 1.165) is 0 Å². The molecule has 0 fully saturated rings. The Bertz CT molecular complexity index is 418. The van der Waals surface area contributed by atoms with Gasteiger partial charge in [0.05, 0.1) is 19.6 Å². The molecule has 0 aliphatic rings. The summed E-state index contributed by atoms with van der Waals surface area (Å²) in [5, 5.41) is 3.35.